The van der Waals surface area contributed by atoms with Crippen LogP contribution in [0.25, 0.3) is 0 Å². The predicted octanol–water partition coefficient (Wildman–Crippen LogP) is 3.82. The molecule has 2 aromatic rings. The van der Waals surface area contributed by atoms with Crippen molar-refractivity contribution in [2.24, 2.45) is 0 Å². The quantitative estimate of drug-likeness (QED) is 0.661. The molecule has 7 nitrogen and oxygen atoms in total. The van der Waals surface area contributed by atoms with Gasteiger partial charge in [-0.1, -0.05) is 11.6 Å². The van der Waals surface area contributed by atoms with E-state index >= 15 is 0 Å². The summed E-state index contributed by atoms with van der Waals surface area (Å²) in [6, 6.07) is 5.11. The van der Waals surface area contributed by atoms with Crippen molar-refractivity contribution in [1.29, 1.82) is 0 Å². The van der Waals surface area contributed by atoms with Crippen molar-refractivity contribution in [3.63, 3.8) is 0 Å². The van der Waals surface area contributed by atoms with Crippen molar-refractivity contribution in [2.75, 3.05) is 48.8 Å². The van der Waals surface area contributed by atoms with E-state index in [9.17, 15) is 22.8 Å². The molecule has 0 radical (unpaired) electrons. The molecule has 2 aliphatic rings. The molecule has 182 valence electrons. The van der Waals surface area contributed by atoms with Gasteiger partial charge in [-0.2, -0.15) is 0 Å². The van der Waals surface area contributed by atoms with E-state index in [2.05, 4.69) is 15.5 Å². The summed E-state index contributed by atoms with van der Waals surface area (Å²) >= 11 is 5.69. The second-order valence-electron chi connectivity index (χ2n) is 8.64. The summed E-state index contributed by atoms with van der Waals surface area (Å²) in [6.45, 7) is 1.29. The number of carbonyl (C=O) groups excluding carboxylic acids is 2. The number of halogens is 4. The maximum absolute atomic E-state index is 15.0. The van der Waals surface area contributed by atoms with Gasteiger partial charge in [0.2, 0.25) is 5.91 Å². The van der Waals surface area contributed by atoms with Gasteiger partial charge in [-0.3, -0.25) is 4.79 Å². The number of likely N-dealkylation sites (N-methyl/N-ethyl adjacent to an activating group) is 1. The molecule has 0 bridgehead atoms. The van der Waals surface area contributed by atoms with Gasteiger partial charge >= 0.3 is 6.03 Å². The first-order valence-corrected chi connectivity index (χ1v) is 11.3. The molecule has 11 heteroatoms. The van der Waals surface area contributed by atoms with Gasteiger partial charge in [0, 0.05) is 30.7 Å². The van der Waals surface area contributed by atoms with E-state index in [1.807, 2.05) is 14.1 Å². The van der Waals surface area contributed by atoms with Crippen LogP contribution < -0.4 is 20.4 Å². The third-order valence-corrected chi connectivity index (χ3v) is 6.49. The molecule has 0 aliphatic carbocycles. The highest BCUT2D eigenvalue weighted by Crippen LogP contribution is 2.33. The van der Waals surface area contributed by atoms with Gasteiger partial charge in [-0.15, -0.1) is 0 Å². The number of nitrogens with zero attached hydrogens (tertiary/aromatic N) is 3. The predicted molar refractivity (Wildman–Crippen MR) is 125 cm³/mol. The second kappa shape index (κ2) is 9.71. The first kappa shape index (κ1) is 24.2. The van der Waals surface area contributed by atoms with E-state index in [4.69, 9.17) is 11.6 Å². The Labute approximate surface area is 200 Å². The molecule has 34 heavy (non-hydrogen) atoms. The van der Waals surface area contributed by atoms with Gasteiger partial charge < -0.3 is 25.3 Å². The minimum absolute atomic E-state index is 0.0984. The summed E-state index contributed by atoms with van der Waals surface area (Å²) in [6.07, 6.45) is 1.03. The van der Waals surface area contributed by atoms with Gasteiger partial charge in [0.15, 0.2) is 11.6 Å². The molecular formula is C23H25ClF3N5O2. The third-order valence-electron chi connectivity index (χ3n) is 6.26. The minimum atomic E-state index is -1.10. The highest BCUT2D eigenvalue weighted by atomic mass is 35.5. The lowest BCUT2D eigenvalue weighted by molar-refractivity contribution is -0.118. The van der Waals surface area contributed by atoms with Crippen molar-refractivity contribution >= 4 is 40.6 Å². The summed E-state index contributed by atoms with van der Waals surface area (Å²) in [4.78, 5) is 30.0. The third kappa shape index (κ3) is 4.78. The van der Waals surface area contributed by atoms with Crippen molar-refractivity contribution in [2.45, 2.75) is 24.9 Å². The molecule has 0 unspecified atom stereocenters. The summed E-state index contributed by atoms with van der Waals surface area (Å²) in [5.41, 5.74) is -0.120. The highest BCUT2D eigenvalue weighted by molar-refractivity contribution is 6.30. The molecule has 2 atom stereocenters. The Morgan fingerprint density at radius 2 is 1.76 bits per heavy atom. The SMILES string of the molecule is CN(C)[C@@H]1CCN(c2ccc(N3CC[C@@H](NC(=O)Nc4ccc(Cl)cc4F)C3=O)c(F)c2F)C1. The van der Waals surface area contributed by atoms with Crippen molar-refractivity contribution in [1.82, 2.24) is 10.2 Å². The highest BCUT2D eigenvalue weighted by Gasteiger charge is 2.36. The lowest BCUT2D eigenvalue weighted by Gasteiger charge is -2.24. The first-order chi connectivity index (χ1) is 16.2. The number of rotatable bonds is 5. The molecule has 0 aromatic heterocycles. The standard InChI is InChI=1S/C23H25ClF3N5O2/c1-30(2)14-7-9-31(12-14)18-5-6-19(21(27)20(18)26)32-10-8-17(22(32)33)29-23(34)28-16-4-3-13(24)11-15(16)25/h3-6,11,14,17H,7-10,12H2,1-2H3,(H2,28,29,34)/t14-,17-/m1/s1. The minimum Gasteiger partial charge on any atom is -0.367 e. The van der Waals surface area contributed by atoms with Crippen LogP contribution in [-0.4, -0.2) is 62.7 Å². The van der Waals surface area contributed by atoms with Crippen LogP contribution in [-0.2, 0) is 4.79 Å². The Hall–Kier alpha value is -2.98. The van der Waals surface area contributed by atoms with E-state index in [0.29, 0.717) is 13.1 Å². The lowest BCUT2D eigenvalue weighted by atomic mass is 10.2. The van der Waals surface area contributed by atoms with Crippen LogP contribution in [0.15, 0.2) is 30.3 Å². The number of anilines is 3. The summed E-state index contributed by atoms with van der Waals surface area (Å²) < 4.78 is 43.8. The van der Waals surface area contributed by atoms with Crippen molar-refractivity contribution in [3.05, 3.63) is 52.8 Å². The van der Waals surface area contributed by atoms with Crippen LogP contribution >= 0.6 is 11.6 Å². The largest absolute Gasteiger partial charge is 0.367 e. The summed E-state index contributed by atoms with van der Waals surface area (Å²) in [5, 5.41) is 4.94. The number of urea groups is 1. The number of amides is 3. The average molecular weight is 496 g/mol. The Kier molecular flexibility index (Phi) is 6.90. The summed E-state index contributed by atoms with van der Waals surface area (Å²) in [5.74, 6) is -3.41. The smallest absolute Gasteiger partial charge is 0.319 e. The van der Waals surface area contributed by atoms with E-state index in [1.165, 1.54) is 24.3 Å². The molecule has 3 amide bonds. The van der Waals surface area contributed by atoms with Gasteiger partial charge in [0.25, 0.3) is 0 Å². The van der Waals surface area contributed by atoms with Crippen molar-refractivity contribution in [3.8, 4) is 0 Å². The maximum atomic E-state index is 15.0. The molecule has 2 N–H and O–H groups in total. The molecule has 2 fully saturated rings. The van der Waals surface area contributed by atoms with Crippen LogP contribution in [0.3, 0.4) is 0 Å². The van der Waals surface area contributed by atoms with Crippen LogP contribution in [0.2, 0.25) is 5.02 Å². The fourth-order valence-corrected chi connectivity index (χ4v) is 4.48. The molecule has 4 rings (SSSR count). The van der Waals surface area contributed by atoms with Gasteiger partial charge in [0.05, 0.1) is 17.1 Å². The first-order valence-electron chi connectivity index (χ1n) is 10.9. The Bertz CT molecular complexity index is 1120. The van der Waals surface area contributed by atoms with Crippen molar-refractivity contribution < 1.29 is 22.8 Å². The van der Waals surface area contributed by atoms with E-state index in [1.54, 1.807) is 4.90 Å². The Morgan fingerprint density at radius 3 is 2.44 bits per heavy atom. The zero-order chi connectivity index (χ0) is 24.6. The average Bonchev–Trinajstić information content (AvgIpc) is 3.40. The molecule has 2 aliphatic heterocycles. The number of nitrogens with one attached hydrogen (secondary N) is 2. The number of benzene rings is 2. The number of hydrogen-bond acceptors (Lipinski definition) is 4. The lowest BCUT2D eigenvalue weighted by Crippen LogP contribution is -2.43. The zero-order valence-corrected chi connectivity index (χ0v) is 19.5. The Morgan fingerprint density at radius 1 is 1.06 bits per heavy atom. The molecule has 0 spiro atoms. The second-order valence-corrected chi connectivity index (χ2v) is 9.07. The Balaban J connectivity index is 1.43. The molecule has 2 saturated heterocycles. The molecule has 2 heterocycles. The summed E-state index contributed by atoms with van der Waals surface area (Å²) in [7, 11) is 3.90. The molecule has 2 aromatic carbocycles. The van der Waals surface area contributed by atoms with E-state index in [0.717, 1.165) is 17.4 Å². The fraction of sp³-hybridized carbons (Fsp3) is 0.391. The van der Waals surface area contributed by atoms with Crippen LogP contribution in [0.1, 0.15) is 12.8 Å². The van der Waals surface area contributed by atoms with E-state index < -0.39 is 35.4 Å². The van der Waals surface area contributed by atoms with Gasteiger partial charge in [-0.25, -0.2) is 18.0 Å². The van der Waals surface area contributed by atoms with Gasteiger partial charge in [-0.05, 0) is 57.3 Å². The molecule has 0 saturated carbocycles. The monoisotopic (exact) mass is 495 g/mol. The van der Waals surface area contributed by atoms with Crippen LogP contribution in [0.5, 0.6) is 0 Å². The topological polar surface area (TPSA) is 67.9 Å². The van der Waals surface area contributed by atoms with E-state index in [-0.39, 0.29) is 41.1 Å². The normalized spacial score (nSPS) is 20.4. The van der Waals surface area contributed by atoms with Crippen LogP contribution in [0.4, 0.5) is 35.0 Å². The molecular weight excluding hydrogens is 471 g/mol. The van der Waals surface area contributed by atoms with Crippen LogP contribution in [0, 0.1) is 17.5 Å². The fourth-order valence-electron chi connectivity index (χ4n) is 4.32. The zero-order valence-electron chi connectivity index (χ0n) is 18.7. The number of carbonyl (C=O) groups is 2. The maximum Gasteiger partial charge on any atom is 0.319 e. The van der Waals surface area contributed by atoms with Gasteiger partial charge in [0.1, 0.15) is 11.9 Å². The number of hydrogen-bond donors (Lipinski definition) is 2.